The van der Waals surface area contributed by atoms with Gasteiger partial charge in [0.05, 0.1) is 17.2 Å². The minimum Gasteiger partial charge on any atom is -0.355 e. The van der Waals surface area contributed by atoms with Crippen molar-refractivity contribution in [2.24, 2.45) is 0 Å². The largest absolute Gasteiger partial charge is 0.417 e. The first-order chi connectivity index (χ1) is 9.94. The number of nitrogens with zero attached hydrogens (tertiary/aromatic N) is 1. The highest BCUT2D eigenvalue weighted by atomic mass is 32.2. The number of hydrogen-bond acceptors (Lipinski definition) is 3. The average Bonchev–Trinajstić information content (AvgIpc) is 2.46. The van der Waals surface area contributed by atoms with Crippen LogP contribution < -0.4 is 5.32 Å². The lowest BCUT2D eigenvalue weighted by molar-refractivity contribution is -0.137. The van der Waals surface area contributed by atoms with Gasteiger partial charge in [-0.05, 0) is 42.7 Å². The van der Waals surface area contributed by atoms with Crippen LogP contribution in [0, 0.1) is 11.3 Å². The van der Waals surface area contributed by atoms with Gasteiger partial charge in [-0.3, -0.25) is 0 Å². The van der Waals surface area contributed by atoms with Crippen LogP contribution in [0.3, 0.4) is 0 Å². The molecule has 2 nitrogen and oxygen atoms in total. The lowest BCUT2D eigenvalue weighted by Crippen LogP contribution is -2.08. The Morgan fingerprint density at radius 1 is 1.10 bits per heavy atom. The highest BCUT2D eigenvalue weighted by Gasteiger charge is 2.33. The first-order valence-corrected chi connectivity index (χ1v) is 7.19. The lowest BCUT2D eigenvalue weighted by atomic mass is 10.1. The number of nitrogens with one attached hydrogen (secondary N) is 1. The SMILES string of the molecule is CSc1cccc(Nc2ccc(C#N)c(C(F)(F)F)c2)c1. The van der Waals surface area contributed by atoms with Crippen molar-refractivity contribution in [2.75, 3.05) is 11.6 Å². The van der Waals surface area contributed by atoms with E-state index in [1.165, 1.54) is 12.1 Å². The number of benzene rings is 2. The van der Waals surface area contributed by atoms with Crippen molar-refractivity contribution in [3.05, 3.63) is 53.6 Å². The molecule has 0 saturated carbocycles. The molecule has 0 spiro atoms. The summed E-state index contributed by atoms with van der Waals surface area (Å²) in [5.41, 5.74) is -0.332. The zero-order chi connectivity index (χ0) is 15.5. The molecule has 0 heterocycles. The maximum absolute atomic E-state index is 12.9. The molecule has 2 rings (SSSR count). The lowest BCUT2D eigenvalue weighted by Gasteiger charge is -2.12. The topological polar surface area (TPSA) is 35.8 Å². The minimum absolute atomic E-state index is 0.291. The van der Waals surface area contributed by atoms with Crippen LogP contribution in [0.4, 0.5) is 24.5 Å². The van der Waals surface area contributed by atoms with Crippen molar-refractivity contribution >= 4 is 23.1 Å². The summed E-state index contributed by atoms with van der Waals surface area (Å²) in [7, 11) is 0. The number of alkyl halides is 3. The maximum atomic E-state index is 12.9. The minimum atomic E-state index is -4.55. The highest BCUT2D eigenvalue weighted by molar-refractivity contribution is 7.98. The average molecular weight is 308 g/mol. The van der Waals surface area contributed by atoms with Crippen LogP contribution in [0.15, 0.2) is 47.4 Å². The third-order valence-corrected chi connectivity index (χ3v) is 3.53. The Labute approximate surface area is 124 Å². The monoisotopic (exact) mass is 308 g/mol. The van der Waals surface area contributed by atoms with E-state index in [0.29, 0.717) is 11.4 Å². The molecule has 1 N–H and O–H groups in total. The summed E-state index contributed by atoms with van der Waals surface area (Å²) in [5.74, 6) is 0. The summed E-state index contributed by atoms with van der Waals surface area (Å²) in [4.78, 5) is 1.00. The van der Waals surface area contributed by atoms with Crippen molar-refractivity contribution in [3.63, 3.8) is 0 Å². The maximum Gasteiger partial charge on any atom is 0.417 e. The molecule has 0 aromatic heterocycles. The van der Waals surface area contributed by atoms with Crippen molar-refractivity contribution in [2.45, 2.75) is 11.1 Å². The molecule has 0 bridgehead atoms. The number of thioether (sulfide) groups is 1. The van der Waals surface area contributed by atoms with Crippen LogP contribution in [-0.4, -0.2) is 6.26 Å². The Hall–Kier alpha value is -2.13. The summed E-state index contributed by atoms with van der Waals surface area (Å²) in [6.45, 7) is 0. The Morgan fingerprint density at radius 2 is 1.81 bits per heavy atom. The molecule has 0 unspecified atom stereocenters. The van der Waals surface area contributed by atoms with Crippen LogP contribution in [-0.2, 0) is 6.18 Å². The van der Waals surface area contributed by atoms with Crippen molar-refractivity contribution in [1.82, 2.24) is 0 Å². The second-order valence-corrected chi connectivity index (χ2v) is 5.11. The standard InChI is InChI=1S/C15H11F3N2S/c1-21-13-4-2-3-11(7-13)20-12-6-5-10(9-19)14(8-12)15(16,17)18/h2-8,20H,1H3. The van der Waals surface area contributed by atoms with E-state index < -0.39 is 11.7 Å². The Kier molecular flexibility index (Phi) is 4.43. The molecule has 0 aliphatic rings. The van der Waals surface area contributed by atoms with Gasteiger partial charge >= 0.3 is 6.18 Å². The molecule has 2 aromatic carbocycles. The van der Waals surface area contributed by atoms with Crippen LogP contribution in [0.25, 0.3) is 0 Å². The van der Waals surface area contributed by atoms with Gasteiger partial charge in [0.15, 0.2) is 0 Å². The van der Waals surface area contributed by atoms with Crippen molar-refractivity contribution in [1.29, 1.82) is 5.26 Å². The third kappa shape index (κ3) is 3.70. The Morgan fingerprint density at radius 3 is 2.43 bits per heavy atom. The Bertz CT molecular complexity index is 690. The summed E-state index contributed by atoms with van der Waals surface area (Å²) in [6, 6.07) is 12.5. The fraction of sp³-hybridized carbons (Fsp3) is 0.133. The number of nitriles is 1. The normalized spacial score (nSPS) is 11.0. The predicted octanol–water partition coefficient (Wildman–Crippen LogP) is 5.04. The highest BCUT2D eigenvalue weighted by Crippen LogP contribution is 2.34. The van der Waals surface area contributed by atoms with E-state index in [2.05, 4.69) is 5.32 Å². The number of halogens is 3. The molecule has 0 radical (unpaired) electrons. The van der Waals surface area contributed by atoms with Crippen LogP contribution in [0.5, 0.6) is 0 Å². The molecule has 108 valence electrons. The van der Waals surface area contributed by atoms with Gasteiger partial charge in [0.1, 0.15) is 0 Å². The van der Waals surface area contributed by atoms with Gasteiger partial charge < -0.3 is 5.32 Å². The van der Waals surface area contributed by atoms with E-state index in [9.17, 15) is 13.2 Å². The van der Waals surface area contributed by atoms with E-state index in [-0.39, 0.29) is 5.56 Å². The number of hydrogen-bond donors (Lipinski definition) is 1. The fourth-order valence-electron chi connectivity index (χ4n) is 1.82. The van der Waals surface area contributed by atoms with Crippen LogP contribution in [0.2, 0.25) is 0 Å². The molecule has 6 heteroatoms. The van der Waals surface area contributed by atoms with Gasteiger partial charge in [-0.2, -0.15) is 18.4 Å². The fourth-order valence-corrected chi connectivity index (χ4v) is 2.28. The number of rotatable bonds is 3. The van der Waals surface area contributed by atoms with Gasteiger partial charge in [0.2, 0.25) is 0 Å². The molecule has 0 atom stereocenters. The van der Waals surface area contributed by atoms with Gasteiger partial charge in [-0.1, -0.05) is 6.07 Å². The van der Waals surface area contributed by atoms with E-state index in [1.54, 1.807) is 23.9 Å². The first kappa shape index (κ1) is 15.3. The van der Waals surface area contributed by atoms with E-state index >= 15 is 0 Å². The predicted molar refractivity (Wildman–Crippen MR) is 77.7 cm³/mol. The molecule has 0 saturated heterocycles. The quantitative estimate of drug-likeness (QED) is 0.807. The van der Waals surface area contributed by atoms with Gasteiger partial charge in [-0.15, -0.1) is 11.8 Å². The summed E-state index contributed by atoms with van der Waals surface area (Å²) >= 11 is 1.54. The second kappa shape index (κ2) is 6.10. The second-order valence-electron chi connectivity index (χ2n) is 4.23. The molecule has 0 fully saturated rings. The van der Waals surface area contributed by atoms with Gasteiger partial charge in [-0.25, -0.2) is 0 Å². The van der Waals surface area contributed by atoms with Crippen LogP contribution in [0.1, 0.15) is 11.1 Å². The zero-order valence-corrected chi connectivity index (χ0v) is 11.8. The van der Waals surface area contributed by atoms with Gasteiger partial charge in [0, 0.05) is 16.3 Å². The molecule has 0 aliphatic heterocycles. The van der Waals surface area contributed by atoms with Crippen LogP contribution >= 0.6 is 11.8 Å². The summed E-state index contributed by atoms with van der Waals surface area (Å²) in [5, 5.41) is 11.7. The first-order valence-electron chi connectivity index (χ1n) is 5.96. The molecule has 0 aliphatic carbocycles. The third-order valence-electron chi connectivity index (χ3n) is 2.80. The molecular formula is C15H11F3N2S. The zero-order valence-electron chi connectivity index (χ0n) is 11.0. The molecule has 21 heavy (non-hydrogen) atoms. The molecule has 2 aromatic rings. The summed E-state index contributed by atoms with van der Waals surface area (Å²) in [6.07, 6.45) is -2.63. The van der Waals surface area contributed by atoms with Gasteiger partial charge in [0.25, 0.3) is 0 Å². The van der Waals surface area contributed by atoms with Crippen molar-refractivity contribution < 1.29 is 13.2 Å². The van der Waals surface area contributed by atoms with E-state index in [1.807, 2.05) is 24.5 Å². The summed E-state index contributed by atoms with van der Waals surface area (Å²) < 4.78 is 38.7. The molecule has 0 amide bonds. The van der Waals surface area contributed by atoms with E-state index in [4.69, 9.17) is 5.26 Å². The number of anilines is 2. The molecular weight excluding hydrogens is 297 g/mol. The Balaban J connectivity index is 2.35. The van der Waals surface area contributed by atoms with Crippen molar-refractivity contribution in [3.8, 4) is 6.07 Å². The smallest absolute Gasteiger partial charge is 0.355 e. The van der Waals surface area contributed by atoms with E-state index in [0.717, 1.165) is 11.0 Å².